The summed E-state index contributed by atoms with van der Waals surface area (Å²) < 4.78 is 31.0. The summed E-state index contributed by atoms with van der Waals surface area (Å²) >= 11 is 1.17. The zero-order chi connectivity index (χ0) is 34.2. The van der Waals surface area contributed by atoms with Crippen LogP contribution < -0.4 is 9.47 Å². The molecule has 5 heterocycles. The number of methoxy groups -OCH3 is 2. The molecule has 2 aromatic heterocycles. The number of amides is 2. The van der Waals surface area contributed by atoms with Gasteiger partial charge in [-0.15, -0.1) is 0 Å². The first-order valence-electron chi connectivity index (χ1n) is 17.0. The second kappa shape index (κ2) is 14.0. The summed E-state index contributed by atoms with van der Waals surface area (Å²) in [7, 11) is 3.29. The predicted molar refractivity (Wildman–Crippen MR) is 188 cm³/mol. The van der Waals surface area contributed by atoms with Crippen LogP contribution in [0.5, 0.6) is 11.5 Å². The number of para-hydroxylation sites is 1. The number of nitrogens with one attached hydrogen (secondary N) is 1. The molecule has 0 unspecified atom stereocenters. The lowest BCUT2D eigenvalue weighted by molar-refractivity contribution is -0.160. The van der Waals surface area contributed by atoms with E-state index in [0.717, 1.165) is 57.3 Å². The molecule has 260 valence electrons. The van der Waals surface area contributed by atoms with Gasteiger partial charge in [0.05, 0.1) is 31.0 Å². The van der Waals surface area contributed by atoms with E-state index in [4.69, 9.17) is 18.9 Å². The van der Waals surface area contributed by atoms with Crippen LogP contribution in [-0.2, 0) is 32.0 Å². The number of likely N-dealkylation sites (tertiary alicyclic amines) is 1. The Balaban J connectivity index is 1.02. The fraction of sp³-hybridized carbons (Fsp3) is 0.405. The zero-order valence-electron chi connectivity index (χ0n) is 28.2. The van der Waals surface area contributed by atoms with Gasteiger partial charge in [-0.2, -0.15) is 8.75 Å². The first-order valence-corrected chi connectivity index (χ1v) is 17.8. The van der Waals surface area contributed by atoms with E-state index < -0.39 is 12.1 Å². The number of carbonyl (C=O) groups excluding carboxylic acids is 2. The number of aromatic amines is 1. The van der Waals surface area contributed by atoms with Gasteiger partial charge in [0.1, 0.15) is 36.8 Å². The van der Waals surface area contributed by atoms with Crippen LogP contribution in [0.4, 0.5) is 0 Å². The minimum atomic E-state index is -0.594. The molecule has 12 nitrogen and oxygen atoms in total. The number of carbonyl (C=O) groups is 2. The molecule has 0 spiro atoms. The van der Waals surface area contributed by atoms with E-state index in [-0.39, 0.29) is 24.4 Å². The third-order valence-electron chi connectivity index (χ3n) is 10.1. The maximum Gasteiger partial charge on any atom is 0.246 e. The first kappa shape index (κ1) is 32.6. The Morgan fingerprint density at radius 1 is 0.900 bits per heavy atom. The Morgan fingerprint density at radius 3 is 2.54 bits per heavy atom. The van der Waals surface area contributed by atoms with Crippen molar-refractivity contribution in [2.24, 2.45) is 0 Å². The number of ether oxygens (including phenoxy) is 4. The fourth-order valence-electron chi connectivity index (χ4n) is 7.73. The van der Waals surface area contributed by atoms with Gasteiger partial charge < -0.3 is 33.7 Å². The third-order valence-corrected chi connectivity index (χ3v) is 10.6. The Morgan fingerprint density at radius 2 is 1.70 bits per heavy atom. The number of piperazine rings is 1. The van der Waals surface area contributed by atoms with Gasteiger partial charge in [-0.3, -0.25) is 14.5 Å². The molecular weight excluding hydrogens is 657 g/mol. The first-order chi connectivity index (χ1) is 24.5. The topological polar surface area (TPSA) is 122 Å². The second-order valence-corrected chi connectivity index (χ2v) is 13.6. The molecule has 3 atom stereocenters. The number of aromatic nitrogens is 3. The number of benzene rings is 3. The van der Waals surface area contributed by atoms with Crippen molar-refractivity contribution >= 4 is 45.5 Å². The van der Waals surface area contributed by atoms with Crippen LogP contribution in [0.3, 0.4) is 0 Å². The normalized spacial score (nSPS) is 20.9. The number of fused-ring (bicyclic) bond motifs is 5. The third kappa shape index (κ3) is 6.08. The largest absolute Gasteiger partial charge is 0.487 e. The van der Waals surface area contributed by atoms with Gasteiger partial charge in [0.15, 0.2) is 11.5 Å². The smallest absolute Gasteiger partial charge is 0.246 e. The predicted octanol–water partition coefficient (Wildman–Crippen LogP) is 4.18. The van der Waals surface area contributed by atoms with Gasteiger partial charge in [0, 0.05) is 62.9 Å². The lowest BCUT2D eigenvalue weighted by atomic mass is 9.85. The lowest BCUT2D eigenvalue weighted by Crippen LogP contribution is -2.65. The standard InChI is InChI=1S/C37H40N6O6S/c1-46-13-15-48-32-10-7-23(17-33(32)49-16-14-47-2)20-41-12-11-25(21-41)42-22-34(44)43-31(37(42)45)19-27-26-5-3-4-6-28(26)38-35(27)36(43)24-8-9-29-30(18-24)40-50-39-29/h3-10,17-18,25,31,36,38H,11-16,19-22H2,1-2H3/t25-,31+,36+/m0/s1. The van der Waals surface area contributed by atoms with Crippen molar-refractivity contribution in [3.05, 3.63) is 83.0 Å². The van der Waals surface area contributed by atoms with Crippen LogP contribution in [-0.4, -0.2) is 113 Å². The Labute approximate surface area is 294 Å². The summed E-state index contributed by atoms with van der Waals surface area (Å²) in [6.45, 7) is 4.04. The summed E-state index contributed by atoms with van der Waals surface area (Å²) in [5.74, 6) is 1.30. The zero-order valence-corrected chi connectivity index (χ0v) is 29.0. The Hall–Kier alpha value is -4.56. The molecule has 0 bridgehead atoms. The minimum Gasteiger partial charge on any atom is -0.487 e. The summed E-state index contributed by atoms with van der Waals surface area (Å²) in [6.07, 6.45) is 1.27. The van der Waals surface area contributed by atoms with Gasteiger partial charge in [-0.1, -0.05) is 30.3 Å². The molecule has 0 radical (unpaired) electrons. The number of hydrogen-bond acceptors (Lipinski definition) is 10. The molecule has 13 heteroatoms. The molecular formula is C37H40N6O6S. The van der Waals surface area contributed by atoms with Crippen LogP contribution in [0.1, 0.15) is 34.8 Å². The van der Waals surface area contributed by atoms with E-state index in [1.807, 2.05) is 58.3 Å². The summed E-state index contributed by atoms with van der Waals surface area (Å²) in [5, 5.41) is 1.09. The molecule has 3 aromatic carbocycles. The van der Waals surface area contributed by atoms with Crippen LogP contribution in [0, 0.1) is 0 Å². The SMILES string of the molecule is COCCOc1ccc(CN2CC[C@H](N3CC(=O)N4[C@H](c5ccc6nsnc6c5)c5[nH]c6ccccc6c5C[C@@H]4C3=O)C2)cc1OCCOC. The van der Waals surface area contributed by atoms with E-state index in [2.05, 4.69) is 30.8 Å². The van der Waals surface area contributed by atoms with Crippen molar-refractivity contribution < 1.29 is 28.5 Å². The Kier molecular flexibility index (Phi) is 9.13. The van der Waals surface area contributed by atoms with Gasteiger partial charge in [0.25, 0.3) is 0 Å². The molecule has 2 amide bonds. The van der Waals surface area contributed by atoms with Gasteiger partial charge >= 0.3 is 0 Å². The van der Waals surface area contributed by atoms with E-state index in [1.54, 1.807) is 14.2 Å². The van der Waals surface area contributed by atoms with Crippen molar-refractivity contribution in [2.45, 2.75) is 37.5 Å². The number of rotatable bonds is 12. The van der Waals surface area contributed by atoms with Crippen molar-refractivity contribution in [3.63, 3.8) is 0 Å². The highest BCUT2D eigenvalue weighted by atomic mass is 32.1. The number of hydrogen-bond donors (Lipinski definition) is 1. The van der Waals surface area contributed by atoms with Crippen molar-refractivity contribution in [1.82, 2.24) is 28.4 Å². The number of nitrogens with zero attached hydrogens (tertiary/aromatic N) is 5. The highest BCUT2D eigenvalue weighted by Crippen LogP contribution is 2.43. The molecule has 8 rings (SSSR count). The summed E-state index contributed by atoms with van der Waals surface area (Å²) in [4.78, 5) is 38.4. The van der Waals surface area contributed by atoms with E-state index in [9.17, 15) is 9.59 Å². The summed E-state index contributed by atoms with van der Waals surface area (Å²) in [5.41, 5.74) is 6.68. The quantitative estimate of drug-likeness (QED) is 0.192. The van der Waals surface area contributed by atoms with Crippen LogP contribution >= 0.6 is 11.7 Å². The van der Waals surface area contributed by atoms with Gasteiger partial charge in [-0.25, -0.2) is 0 Å². The van der Waals surface area contributed by atoms with Crippen molar-refractivity contribution in [2.75, 3.05) is 60.3 Å². The molecule has 2 fully saturated rings. The molecule has 1 N–H and O–H groups in total. The molecule has 50 heavy (non-hydrogen) atoms. The maximum absolute atomic E-state index is 14.5. The van der Waals surface area contributed by atoms with E-state index in [0.29, 0.717) is 57.4 Å². The fourth-order valence-corrected chi connectivity index (χ4v) is 8.25. The summed E-state index contributed by atoms with van der Waals surface area (Å²) in [6, 6.07) is 19.1. The highest BCUT2D eigenvalue weighted by Gasteiger charge is 2.50. The van der Waals surface area contributed by atoms with Gasteiger partial charge in [-0.05, 0) is 53.4 Å². The molecule has 2 saturated heterocycles. The Bertz CT molecular complexity index is 2030. The van der Waals surface area contributed by atoms with Crippen molar-refractivity contribution in [1.29, 1.82) is 0 Å². The second-order valence-electron chi connectivity index (χ2n) is 13.1. The average Bonchev–Trinajstić information content (AvgIpc) is 3.88. The van der Waals surface area contributed by atoms with Gasteiger partial charge in [0.2, 0.25) is 11.8 Å². The number of H-pyrrole nitrogens is 1. The van der Waals surface area contributed by atoms with E-state index >= 15 is 0 Å². The van der Waals surface area contributed by atoms with Crippen LogP contribution in [0.15, 0.2) is 60.7 Å². The molecule has 3 aliphatic rings. The molecule has 3 aliphatic heterocycles. The lowest BCUT2D eigenvalue weighted by Gasteiger charge is -2.48. The monoisotopic (exact) mass is 696 g/mol. The van der Waals surface area contributed by atoms with Crippen LogP contribution in [0.25, 0.3) is 21.9 Å². The van der Waals surface area contributed by atoms with Crippen molar-refractivity contribution in [3.8, 4) is 11.5 Å². The van der Waals surface area contributed by atoms with Crippen LogP contribution in [0.2, 0.25) is 0 Å². The molecule has 0 aliphatic carbocycles. The average molecular weight is 697 g/mol. The van der Waals surface area contributed by atoms with E-state index in [1.165, 1.54) is 11.7 Å². The molecule has 0 saturated carbocycles. The molecule has 5 aromatic rings. The maximum atomic E-state index is 14.5. The minimum absolute atomic E-state index is 0.0141. The highest BCUT2D eigenvalue weighted by molar-refractivity contribution is 7.00.